The van der Waals surface area contributed by atoms with E-state index in [4.69, 9.17) is 4.99 Å². The van der Waals surface area contributed by atoms with E-state index in [-0.39, 0.29) is 11.5 Å². The average molecular weight is 385 g/mol. The third-order valence-corrected chi connectivity index (χ3v) is 9.07. The van der Waals surface area contributed by atoms with Crippen molar-refractivity contribution in [3.8, 4) is 0 Å². The van der Waals surface area contributed by atoms with Gasteiger partial charge in [0, 0.05) is 5.57 Å². The molecular weight excluding hydrogens is 356 g/mol. The smallest absolute Gasteiger partial charge is 0.264 e. The van der Waals surface area contributed by atoms with Crippen molar-refractivity contribution in [1.29, 1.82) is 0 Å². The highest BCUT2D eigenvalue weighted by Crippen LogP contribution is 2.61. The fourth-order valence-electron chi connectivity index (χ4n) is 6.67. The second-order valence-electron chi connectivity index (χ2n) is 9.36. The first-order valence-electron chi connectivity index (χ1n) is 10.2. The lowest BCUT2D eigenvalue weighted by molar-refractivity contribution is -0.0633. The molecule has 0 aromatic heterocycles. The molecule has 0 saturated heterocycles. The van der Waals surface area contributed by atoms with Gasteiger partial charge >= 0.3 is 0 Å². The molecule has 1 aliphatic heterocycles. The number of nitrogens with one attached hydrogen (secondary N) is 1. The summed E-state index contributed by atoms with van der Waals surface area (Å²) in [5, 5.41) is 0. The Bertz CT molecular complexity index is 895. The van der Waals surface area contributed by atoms with E-state index in [1.807, 2.05) is 37.3 Å². The van der Waals surface area contributed by atoms with E-state index in [1.165, 1.54) is 38.5 Å². The van der Waals surface area contributed by atoms with Crippen molar-refractivity contribution in [1.82, 2.24) is 4.72 Å². The minimum absolute atomic E-state index is 0.161. The Hall–Kier alpha value is -1.62. The molecule has 1 aromatic rings. The van der Waals surface area contributed by atoms with E-state index in [2.05, 4.69) is 11.6 Å². The maximum Gasteiger partial charge on any atom is 0.264 e. The fraction of sp³-hybridized carbons (Fsp3) is 0.591. The second-order valence-corrected chi connectivity index (χ2v) is 11.0. The van der Waals surface area contributed by atoms with Gasteiger partial charge in [-0.1, -0.05) is 30.3 Å². The quantitative estimate of drug-likeness (QED) is 0.842. The first-order valence-corrected chi connectivity index (χ1v) is 11.7. The van der Waals surface area contributed by atoms with Gasteiger partial charge in [-0.25, -0.2) is 8.42 Å². The second kappa shape index (κ2) is 5.94. The number of hydrogen-bond acceptors (Lipinski definition) is 3. The molecule has 4 fully saturated rings. The highest BCUT2D eigenvalue weighted by Gasteiger charge is 2.53. The summed E-state index contributed by atoms with van der Waals surface area (Å²) in [5.74, 6) is 3.17. The zero-order valence-electron chi connectivity index (χ0n) is 16.1. The molecule has 27 heavy (non-hydrogen) atoms. The number of nitrogens with zero attached hydrogens (tertiary/aromatic N) is 1. The minimum Gasteiger partial charge on any atom is -0.264 e. The van der Waals surface area contributed by atoms with Gasteiger partial charge in [0.05, 0.1) is 6.04 Å². The van der Waals surface area contributed by atoms with Crippen molar-refractivity contribution in [3.05, 3.63) is 41.5 Å². The Labute approximate surface area is 162 Å². The predicted octanol–water partition coefficient (Wildman–Crippen LogP) is 4.35. The van der Waals surface area contributed by atoms with Crippen LogP contribution in [0, 0.1) is 23.2 Å². The van der Waals surface area contributed by atoms with Crippen molar-refractivity contribution in [2.75, 3.05) is 0 Å². The van der Waals surface area contributed by atoms with Gasteiger partial charge < -0.3 is 0 Å². The molecular formula is C22H28N2O2S. The molecule has 0 amide bonds. The van der Waals surface area contributed by atoms with Crippen LogP contribution in [0.2, 0.25) is 0 Å². The summed E-state index contributed by atoms with van der Waals surface area (Å²) in [6.45, 7) is 4.09. The Morgan fingerprint density at radius 1 is 1.04 bits per heavy atom. The Morgan fingerprint density at radius 3 is 2.15 bits per heavy atom. The molecule has 1 heterocycles. The van der Waals surface area contributed by atoms with E-state index in [0.29, 0.717) is 10.7 Å². The monoisotopic (exact) mass is 384 g/mol. The molecule has 4 saturated carbocycles. The molecule has 1 N–H and O–H groups in total. The van der Waals surface area contributed by atoms with Gasteiger partial charge in [0.1, 0.15) is 10.7 Å². The van der Waals surface area contributed by atoms with Crippen molar-refractivity contribution in [2.24, 2.45) is 28.2 Å². The van der Waals surface area contributed by atoms with Crippen LogP contribution in [0.25, 0.3) is 4.91 Å². The largest absolute Gasteiger partial charge is 0.264 e. The van der Waals surface area contributed by atoms with Gasteiger partial charge in [-0.2, -0.15) is 0 Å². The Morgan fingerprint density at radius 2 is 1.59 bits per heavy atom. The van der Waals surface area contributed by atoms with Crippen LogP contribution in [-0.4, -0.2) is 20.3 Å². The zero-order valence-corrected chi connectivity index (χ0v) is 16.9. The average Bonchev–Trinajstić information content (AvgIpc) is 2.83. The Kier molecular flexibility index (Phi) is 3.84. The van der Waals surface area contributed by atoms with Crippen molar-refractivity contribution in [3.63, 3.8) is 0 Å². The molecule has 4 aliphatic carbocycles. The van der Waals surface area contributed by atoms with Crippen LogP contribution in [0.3, 0.4) is 0 Å². The first-order chi connectivity index (χ1) is 12.9. The zero-order chi connectivity index (χ0) is 18.8. The topological polar surface area (TPSA) is 58.5 Å². The van der Waals surface area contributed by atoms with Crippen LogP contribution in [0.4, 0.5) is 0 Å². The lowest BCUT2D eigenvalue weighted by Crippen LogP contribution is -2.50. The molecule has 5 aliphatic rings. The van der Waals surface area contributed by atoms with Crippen molar-refractivity contribution < 1.29 is 8.42 Å². The van der Waals surface area contributed by atoms with Crippen molar-refractivity contribution >= 4 is 20.8 Å². The van der Waals surface area contributed by atoms with Crippen molar-refractivity contribution in [2.45, 2.75) is 58.4 Å². The van der Waals surface area contributed by atoms with E-state index >= 15 is 0 Å². The predicted molar refractivity (Wildman–Crippen MR) is 109 cm³/mol. The molecule has 0 spiro atoms. The van der Waals surface area contributed by atoms with E-state index < -0.39 is 10.0 Å². The van der Waals surface area contributed by atoms with Gasteiger partial charge in [-0.3, -0.25) is 9.71 Å². The van der Waals surface area contributed by atoms with Crippen LogP contribution in [0.1, 0.15) is 57.9 Å². The maximum atomic E-state index is 12.8. The molecule has 1 atom stereocenters. The maximum absolute atomic E-state index is 12.8. The van der Waals surface area contributed by atoms with Gasteiger partial charge in [-0.15, -0.1) is 0 Å². The SMILES string of the molecule is CC1=C(c2ccccc2)S(=O)(=O)NC1=N[C@H](C)C12CC3CC(CC(C3)C1)C2. The van der Waals surface area contributed by atoms with Gasteiger partial charge in [0.2, 0.25) is 0 Å². The molecule has 1 aromatic carbocycles. The summed E-state index contributed by atoms with van der Waals surface area (Å²) in [6.07, 6.45) is 8.05. The summed E-state index contributed by atoms with van der Waals surface area (Å²) in [7, 11) is -3.54. The molecule has 0 radical (unpaired) electrons. The highest BCUT2D eigenvalue weighted by atomic mass is 32.2. The van der Waals surface area contributed by atoms with Gasteiger partial charge in [0.15, 0.2) is 0 Å². The summed E-state index contributed by atoms with van der Waals surface area (Å²) in [6, 6.07) is 9.51. The fourth-order valence-corrected chi connectivity index (χ4v) is 8.18. The Balaban J connectivity index is 1.50. The lowest BCUT2D eigenvalue weighted by Gasteiger charge is -2.58. The number of hydrogen-bond donors (Lipinski definition) is 1. The first kappa shape index (κ1) is 17.5. The summed E-state index contributed by atoms with van der Waals surface area (Å²) in [4.78, 5) is 5.36. The van der Waals surface area contributed by atoms with Gasteiger partial charge in [0.25, 0.3) is 10.0 Å². The molecule has 6 rings (SSSR count). The molecule has 144 valence electrons. The minimum atomic E-state index is -3.54. The van der Waals surface area contributed by atoms with Crippen LogP contribution in [0.15, 0.2) is 40.9 Å². The van der Waals surface area contributed by atoms with E-state index in [9.17, 15) is 8.42 Å². The number of benzene rings is 1. The number of amidine groups is 1. The molecule has 0 unspecified atom stereocenters. The summed E-state index contributed by atoms with van der Waals surface area (Å²) < 4.78 is 28.3. The van der Waals surface area contributed by atoms with Gasteiger partial charge in [-0.05, 0) is 81.1 Å². The third-order valence-electron chi connectivity index (χ3n) is 7.53. The standard InChI is InChI=1S/C22H28N2O2S/c1-14-20(19-6-4-3-5-7-19)27(25,26)24-21(14)23-15(2)22-11-16-8-17(12-22)10-18(9-16)13-22/h3-7,15-18H,8-13H2,1-2H3,(H,23,24)/t15-,16?,17?,18?,22?/m1/s1. The third kappa shape index (κ3) is 2.77. The lowest BCUT2D eigenvalue weighted by atomic mass is 9.48. The van der Waals surface area contributed by atoms with Crippen LogP contribution in [0.5, 0.6) is 0 Å². The van der Waals surface area contributed by atoms with E-state index in [1.54, 1.807) is 0 Å². The van der Waals surface area contributed by atoms with Crippen LogP contribution >= 0.6 is 0 Å². The van der Waals surface area contributed by atoms with Crippen LogP contribution < -0.4 is 4.72 Å². The molecule has 4 nitrogen and oxygen atoms in total. The normalized spacial score (nSPS) is 39.0. The summed E-state index contributed by atoms with van der Waals surface area (Å²) >= 11 is 0. The molecule has 5 heteroatoms. The van der Waals surface area contributed by atoms with Crippen LogP contribution in [-0.2, 0) is 10.0 Å². The summed E-state index contributed by atoms with van der Waals surface area (Å²) in [5.41, 5.74) is 1.76. The number of rotatable bonds is 3. The number of aliphatic imine (C=N–C) groups is 1. The highest BCUT2D eigenvalue weighted by molar-refractivity contribution is 8.00. The number of sulfonamides is 1. The van der Waals surface area contributed by atoms with E-state index in [0.717, 1.165) is 28.9 Å². The molecule has 4 bridgehead atoms.